The standard InChI is InChI=1S/C23H31N7O2/c1-3-24-23(28-13-14-29(22(32)17-28)19-15-26-27(2)16-19)25-11-6-9-21(31)30-12-10-18-7-4-5-8-20(18)30/h4-5,7-8,15-16H,3,6,9-14,17H2,1-2H3,(H,24,25). The molecular formula is C23H31N7O2. The predicted octanol–water partition coefficient (Wildman–Crippen LogP) is 1.40. The van der Waals surface area contributed by atoms with Gasteiger partial charge < -0.3 is 20.0 Å². The molecule has 2 aromatic rings. The Labute approximate surface area is 188 Å². The first kappa shape index (κ1) is 21.9. The van der Waals surface area contributed by atoms with Gasteiger partial charge in [0.05, 0.1) is 11.9 Å². The van der Waals surface area contributed by atoms with Crippen LogP contribution in [0.3, 0.4) is 0 Å². The van der Waals surface area contributed by atoms with Crippen LogP contribution in [0.5, 0.6) is 0 Å². The minimum atomic E-state index is 0.0257. The van der Waals surface area contributed by atoms with Gasteiger partial charge in [-0.25, -0.2) is 0 Å². The first-order valence-corrected chi connectivity index (χ1v) is 11.3. The quantitative estimate of drug-likeness (QED) is 0.420. The second kappa shape index (κ2) is 9.84. The van der Waals surface area contributed by atoms with Gasteiger partial charge in [0, 0.05) is 58.1 Å². The van der Waals surface area contributed by atoms with E-state index in [2.05, 4.69) is 21.5 Å². The average molecular weight is 438 g/mol. The highest BCUT2D eigenvalue weighted by molar-refractivity contribution is 5.98. The third-order valence-electron chi connectivity index (χ3n) is 5.86. The fraction of sp³-hybridized carbons (Fsp3) is 0.478. The fourth-order valence-corrected chi connectivity index (χ4v) is 4.25. The van der Waals surface area contributed by atoms with E-state index in [9.17, 15) is 9.59 Å². The van der Waals surface area contributed by atoms with Gasteiger partial charge in [-0.1, -0.05) is 18.2 Å². The lowest BCUT2D eigenvalue weighted by Gasteiger charge is -2.35. The lowest BCUT2D eigenvalue weighted by Crippen LogP contribution is -2.55. The monoisotopic (exact) mass is 437 g/mol. The van der Waals surface area contributed by atoms with E-state index in [1.165, 1.54) is 5.56 Å². The van der Waals surface area contributed by atoms with Crippen molar-refractivity contribution < 1.29 is 9.59 Å². The number of carbonyl (C=O) groups is 2. The zero-order valence-electron chi connectivity index (χ0n) is 18.8. The zero-order chi connectivity index (χ0) is 22.5. The van der Waals surface area contributed by atoms with Crippen molar-refractivity contribution in [3.8, 4) is 0 Å². The van der Waals surface area contributed by atoms with Crippen LogP contribution in [0.15, 0.2) is 41.7 Å². The van der Waals surface area contributed by atoms with E-state index in [1.807, 2.05) is 48.2 Å². The summed E-state index contributed by atoms with van der Waals surface area (Å²) in [7, 11) is 1.84. The number of para-hydroxylation sites is 1. The van der Waals surface area contributed by atoms with Crippen molar-refractivity contribution in [2.24, 2.45) is 12.0 Å². The molecule has 1 aromatic heterocycles. The lowest BCUT2D eigenvalue weighted by molar-refractivity contribution is -0.120. The molecule has 0 spiro atoms. The maximum Gasteiger partial charge on any atom is 0.246 e. The summed E-state index contributed by atoms with van der Waals surface area (Å²) in [6, 6.07) is 8.10. The number of benzene rings is 1. The van der Waals surface area contributed by atoms with Crippen molar-refractivity contribution >= 4 is 29.1 Å². The molecule has 32 heavy (non-hydrogen) atoms. The van der Waals surface area contributed by atoms with Gasteiger partial charge in [-0.3, -0.25) is 19.3 Å². The summed E-state index contributed by atoms with van der Waals surface area (Å²) in [4.78, 5) is 35.7. The minimum Gasteiger partial charge on any atom is -0.357 e. The van der Waals surface area contributed by atoms with E-state index in [-0.39, 0.29) is 18.4 Å². The Bertz CT molecular complexity index is 1000. The molecule has 3 heterocycles. The van der Waals surface area contributed by atoms with E-state index in [4.69, 9.17) is 0 Å². The molecule has 1 N–H and O–H groups in total. The van der Waals surface area contributed by atoms with E-state index < -0.39 is 0 Å². The van der Waals surface area contributed by atoms with Crippen LogP contribution in [-0.2, 0) is 23.1 Å². The van der Waals surface area contributed by atoms with E-state index >= 15 is 0 Å². The number of carbonyl (C=O) groups excluding carboxylic acids is 2. The largest absolute Gasteiger partial charge is 0.357 e. The van der Waals surface area contributed by atoms with Crippen molar-refractivity contribution in [3.63, 3.8) is 0 Å². The first-order valence-electron chi connectivity index (χ1n) is 11.3. The first-order chi connectivity index (χ1) is 15.6. The summed E-state index contributed by atoms with van der Waals surface area (Å²) in [5, 5.41) is 7.44. The Hall–Kier alpha value is -3.36. The molecule has 1 saturated heterocycles. The molecule has 9 heteroatoms. The predicted molar refractivity (Wildman–Crippen MR) is 125 cm³/mol. The third kappa shape index (κ3) is 4.76. The maximum atomic E-state index is 12.7. The van der Waals surface area contributed by atoms with E-state index in [0.717, 1.165) is 36.8 Å². The number of rotatable bonds is 6. The Balaban J connectivity index is 1.30. The summed E-state index contributed by atoms with van der Waals surface area (Å²) in [6.45, 7) is 5.58. The van der Waals surface area contributed by atoms with E-state index in [0.29, 0.717) is 32.5 Å². The number of guanidine groups is 1. The van der Waals surface area contributed by atoms with Crippen molar-refractivity contribution in [3.05, 3.63) is 42.2 Å². The van der Waals surface area contributed by atoms with Crippen LogP contribution in [0.4, 0.5) is 11.4 Å². The fourth-order valence-electron chi connectivity index (χ4n) is 4.25. The Kier molecular flexibility index (Phi) is 6.72. The molecule has 9 nitrogen and oxygen atoms in total. The second-order valence-corrected chi connectivity index (χ2v) is 8.10. The number of aromatic nitrogens is 2. The number of hydrogen-bond donors (Lipinski definition) is 1. The normalized spacial score (nSPS) is 16.5. The van der Waals surface area contributed by atoms with Crippen LogP contribution in [0.25, 0.3) is 0 Å². The number of aliphatic imine (C=N–C) groups is 1. The molecule has 4 rings (SSSR count). The average Bonchev–Trinajstić information content (AvgIpc) is 3.42. The van der Waals surface area contributed by atoms with Gasteiger partial charge in [-0.05, 0) is 31.4 Å². The van der Waals surface area contributed by atoms with Gasteiger partial charge in [0.2, 0.25) is 11.8 Å². The number of nitrogens with one attached hydrogen (secondary N) is 1. The molecule has 2 aliphatic rings. The molecule has 2 amide bonds. The van der Waals surface area contributed by atoms with Crippen LogP contribution in [0.2, 0.25) is 0 Å². The molecule has 0 saturated carbocycles. The van der Waals surface area contributed by atoms with Crippen LogP contribution in [-0.4, -0.2) is 71.7 Å². The van der Waals surface area contributed by atoms with Crippen molar-refractivity contribution in [1.82, 2.24) is 20.0 Å². The number of aryl methyl sites for hydroxylation is 1. The van der Waals surface area contributed by atoms with Crippen molar-refractivity contribution in [1.29, 1.82) is 0 Å². The molecule has 1 fully saturated rings. The number of anilines is 2. The van der Waals surface area contributed by atoms with Crippen LogP contribution < -0.4 is 15.1 Å². The van der Waals surface area contributed by atoms with Gasteiger partial charge in [-0.15, -0.1) is 0 Å². The molecule has 0 unspecified atom stereocenters. The third-order valence-corrected chi connectivity index (χ3v) is 5.86. The zero-order valence-corrected chi connectivity index (χ0v) is 18.8. The maximum absolute atomic E-state index is 12.7. The van der Waals surface area contributed by atoms with Crippen LogP contribution in [0.1, 0.15) is 25.3 Å². The van der Waals surface area contributed by atoms with Gasteiger partial charge in [0.1, 0.15) is 6.54 Å². The molecule has 0 aliphatic carbocycles. The summed E-state index contributed by atoms with van der Waals surface area (Å²) in [6.07, 6.45) is 5.62. The molecule has 2 aliphatic heterocycles. The van der Waals surface area contributed by atoms with Crippen molar-refractivity contribution in [2.45, 2.75) is 26.2 Å². The minimum absolute atomic E-state index is 0.0257. The topological polar surface area (TPSA) is 86.1 Å². The highest BCUT2D eigenvalue weighted by atomic mass is 16.2. The van der Waals surface area contributed by atoms with E-state index in [1.54, 1.807) is 15.8 Å². The number of fused-ring (bicyclic) bond motifs is 1. The Morgan fingerprint density at radius 2 is 2.06 bits per heavy atom. The molecule has 0 atom stereocenters. The lowest BCUT2D eigenvalue weighted by atomic mass is 10.2. The molecule has 0 radical (unpaired) electrons. The summed E-state index contributed by atoms with van der Waals surface area (Å²) in [5.41, 5.74) is 3.10. The summed E-state index contributed by atoms with van der Waals surface area (Å²) >= 11 is 0. The van der Waals surface area contributed by atoms with Gasteiger partial charge in [0.25, 0.3) is 0 Å². The van der Waals surface area contributed by atoms with Gasteiger partial charge >= 0.3 is 0 Å². The van der Waals surface area contributed by atoms with Crippen LogP contribution in [0, 0.1) is 0 Å². The van der Waals surface area contributed by atoms with Gasteiger partial charge in [0.15, 0.2) is 5.96 Å². The second-order valence-electron chi connectivity index (χ2n) is 8.10. The Morgan fingerprint density at radius 3 is 2.81 bits per heavy atom. The summed E-state index contributed by atoms with van der Waals surface area (Å²) in [5.74, 6) is 0.902. The number of piperazine rings is 1. The van der Waals surface area contributed by atoms with Crippen LogP contribution >= 0.6 is 0 Å². The number of amides is 2. The summed E-state index contributed by atoms with van der Waals surface area (Å²) < 4.78 is 1.70. The highest BCUT2D eigenvalue weighted by Gasteiger charge is 2.28. The van der Waals surface area contributed by atoms with Crippen molar-refractivity contribution in [2.75, 3.05) is 49.1 Å². The molecule has 1 aromatic carbocycles. The molecular weight excluding hydrogens is 406 g/mol. The Morgan fingerprint density at radius 1 is 1.22 bits per heavy atom. The number of hydrogen-bond acceptors (Lipinski definition) is 4. The highest BCUT2D eigenvalue weighted by Crippen LogP contribution is 2.28. The SMILES string of the molecule is CCNC(=NCCCC(=O)N1CCc2ccccc21)N1CCN(c2cnn(C)c2)C(=O)C1. The molecule has 0 bridgehead atoms. The molecule has 170 valence electrons. The van der Waals surface area contributed by atoms with Gasteiger partial charge in [-0.2, -0.15) is 5.10 Å². The number of nitrogens with zero attached hydrogens (tertiary/aromatic N) is 6. The smallest absolute Gasteiger partial charge is 0.246 e.